The lowest BCUT2D eigenvalue weighted by Crippen LogP contribution is -2.10. The van der Waals surface area contributed by atoms with Crippen molar-refractivity contribution in [3.05, 3.63) is 28.0 Å². The Balaban J connectivity index is 3.12. The summed E-state index contributed by atoms with van der Waals surface area (Å²) in [6.45, 7) is 3.46. The van der Waals surface area contributed by atoms with Crippen LogP contribution >= 0.6 is 15.9 Å². The molecule has 4 heteroatoms. The van der Waals surface area contributed by atoms with E-state index in [4.69, 9.17) is 5.11 Å². The number of halogens is 1. The zero-order valence-electron chi connectivity index (χ0n) is 7.41. The van der Waals surface area contributed by atoms with Crippen LogP contribution in [0.15, 0.2) is 16.6 Å². The predicted molar refractivity (Wildman–Crippen MR) is 52.7 cm³/mol. The lowest BCUT2D eigenvalue weighted by molar-refractivity contribution is -0.138. The van der Waals surface area contributed by atoms with Gasteiger partial charge in [-0.05, 0) is 41.9 Å². The summed E-state index contributed by atoms with van der Waals surface area (Å²) in [7, 11) is 0. The third kappa shape index (κ3) is 2.28. The van der Waals surface area contributed by atoms with Gasteiger partial charge in [0.1, 0.15) is 0 Å². The van der Waals surface area contributed by atoms with Gasteiger partial charge in [0.2, 0.25) is 0 Å². The molecule has 0 saturated carbocycles. The molecule has 0 amide bonds. The number of hydrogen-bond donors (Lipinski definition) is 1. The van der Waals surface area contributed by atoms with Gasteiger partial charge in [0.25, 0.3) is 0 Å². The summed E-state index contributed by atoms with van der Waals surface area (Å²) in [6.07, 6.45) is 0. The quantitative estimate of drug-likeness (QED) is 0.868. The molecule has 0 aliphatic carbocycles. The molecule has 1 atom stereocenters. The Bertz CT molecular complexity index is 338. The van der Waals surface area contributed by atoms with Gasteiger partial charge in [-0.3, -0.25) is 9.78 Å². The maximum absolute atomic E-state index is 10.7. The molecule has 0 saturated heterocycles. The van der Waals surface area contributed by atoms with Crippen molar-refractivity contribution in [2.45, 2.75) is 19.8 Å². The molecule has 0 radical (unpaired) electrons. The SMILES string of the molecule is Cc1ccc(Br)c(C(C)C(=O)O)n1. The number of aryl methyl sites for hydroxylation is 1. The average molecular weight is 244 g/mol. The number of pyridine rings is 1. The van der Waals surface area contributed by atoms with Gasteiger partial charge in [-0.1, -0.05) is 0 Å². The Labute approximate surface area is 84.9 Å². The Morgan fingerprint density at radius 1 is 1.62 bits per heavy atom. The van der Waals surface area contributed by atoms with Crippen molar-refractivity contribution in [3.63, 3.8) is 0 Å². The Kier molecular flexibility index (Phi) is 3.03. The number of hydrogen-bond acceptors (Lipinski definition) is 2. The number of carboxylic acids is 1. The largest absolute Gasteiger partial charge is 0.481 e. The lowest BCUT2D eigenvalue weighted by Gasteiger charge is -2.08. The number of nitrogens with zero attached hydrogens (tertiary/aromatic N) is 1. The number of aromatic nitrogens is 1. The van der Waals surface area contributed by atoms with Gasteiger partial charge < -0.3 is 5.11 Å². The summed E-state index contributed by atoms with van der Waals surface area (Å²) in [5.41, 5.74) is 1.40. The van der Waals surface area contributed by atoms with Gasteiger partial charge in [-0.2, -0.15) is 0 Å². The summed E-state index contributed by atoms with van der Waals surface area (Å²) in [5.74, 6) is -1.44. The van der Waals surface area contributed by atoms with E-state index in [1.807, 2.05) is 19.1 Å². The second kappa shape index (κ2) is 3.87. The molecule has 13 heavy (non-hydrogen) atoms. The molecule has 0 aliphatic rings. The van der Waals surface area contributed by atoms with Crippen LogP contribution < -0.4 is 0 Å². The van der Waals surface area contributed by atoms with Crippen molar-refractivity contribution < 1.29 is 9.90 Å². The molecule has 0 aliphatic heterocycles. The third-order valence-corrected chi connectivity index (χ3v) is 2.46. The summed E-state index contributed by atoms with van der Waals surface area (Å²) in [6, 6.07) is 3.65. The van der Waals surface area contributed by atoms with E-state index in [0.717, 1.165) is 10.2 Å². The Morgan fingerprint density at radius 3 is 2.77 bits per heavy atom. The molecule has 1 aromatic heterocycles. The maximum atomic E-state index is 10.7. The first-order valence-corrected chi connectivity index (χ1v) is 4.67. The monoisotopic (exact) mass is 243 g/mol. The maximum Gasteiger partial charge on any atom is 0.312 e. The molecule has 70 valence electrons. The van der Waals surface area contributed by atoms with Crippen LogP contribution in [0.25, 0.3) is 0 Å². The van der Waals surface area contributed by atoms with Crippen LogP contribution in [-0.4, -0.2) is 16.1 Å². The van der Waals surface area contributed by atoms with E-state index in [0.29, 0.717) is 5.69 Å². The van der Waals surface area contributed by atoms with E-state index in [-0.39, 0.29) is 0 Å². The Morgan fingerprint density at radius 2 is 2.23 bits per heavy atom. The predicted octanol–water partition coefficient (Wildman–Crippen LogP) is 2.34. The van der Waals surface area contributed by atoms with Crippen molar-refractivity contribution in [3.8, 4) is 0 Å². The topological polar surface area (TPSA) is 50.2 Å². The minimum atomic E-state index is -0.862. The van der Waals surface area contributed by atoms with E-state index in [9.17, 15) is 4.79 Å². The van der Waals surface area contributed by atoms with Crippen LogP contribution in [0.4, 0.5) is 0 Å². The van der Waals surface area contributed by atoms with Crippen LogP contribution in [0.5, 0.6) is 0 Å². The molecule has 0 bridgehead atoms. The molecule has 0 aromatic carbocycles. The number of carbonyl (C=O) groups is 1. The molecule has 1 N–H and O–H groups in total. The van der Waals surface area contributed by atoms with Crippen molar-refractivity contribution in [2.75, 3.05) is 0 Å². The van der Waals surface area contributed by atoms with Gasteiger partial charge in [-0.15, -0.1) is 0 Å². The minimum absolute atomic E-state index is 0.575. The smallest absolute Gasteiger partial charge is 0.312 e. The van der Waals surface area contributed by atoms with E-state index in [2.05, 4.69) is 20.9 Å². The summed E-state index contributed by atoms with van der Waals surface area (Å²) < 4.78 is 0.744. The Hall–Kier alpha value is -0.900. The van der Waals surface area contributed by atoms with Crippen molar-refractivity contribution in [2.24, 2.45) is 0 Å². The second-order valence-electron chi connectivity index (χ2n) is 2.88. The summed E-state index contributed by atoms with van der Waals surface area (Å²) in [4.78, 5) is 14.9. The highest BCUT2D eigenvalue weighted by molar-refractivity contribution is 9.10. The minimum Gasteiger partial charge on any atom is -0.481 e. The lowest BCUT2D eigenvalue weighted by atomic mass is 10.1. The fourth-order valence-corrected chi connectivity index (χ4v) is 1.54. The molecule has 1 rings (SSSR count). The third-order valence-electron chi connectivity index (χ3n) is 1.79. The fraction of sp³-hybridized carbons (Fsp3) is 0.333. The van der Waals surface area contributed by atoms with E-state index >= 15 is 0 Å². The zero-order chi connectivity index (χ0) is 10.0. The molecule has 3 nitrogen and oxygen atoms in total. The van der Waals surface area contributed by atoms with Gasteiger partial charge in [-0.25, -0.2) is 0 Å². The number of aliphatic carboxylic acids is 1. The van der Waals surface area contributed by atoms with Gasteiger partial charge in [0.05, 0.1) is 11.6 Å². The molecule has 1 aromatic rings. The van der Waals surface area contributed by atoms with E-state index in [1.54, 1.807) is 6.92 Å². The normalized spacial score (nSPS) is 12.5. The first-order chi connectivity index (χ1) is 6.02. The highest BCUT2D eigenvalue weighted by Crippen LogP contribution is 2.23. The molecule has 0 fully saturated rings. The first kappa shape index (κ1) is 10.2. The summed E-state index contributed by atoms with van der Waals surface area (Å²) in [5, 5.41) is 8.79. The molecule has 0 spiro atoms. The molecular weight excluding hydrogens is 234 g/mol. The van der Waals surface area contributed by atoms with Crippen LogP contribution in [0.2, 0.25) is 0 Å². The van der Waals surface area contributed by atoms with Gasteiger partial charge in [0.15, 0.2) is 0 Å². The fourth-order valence-electron chi connectivity index (χ4n) is 0.980. The highest BCUT2D eigenvalue weighted by Gasteiger charge is 2.17. The van der Waals surface area contributed by atoms with Crippen molar-refractivity contribution in [1.29, 1.82) is 0 Å². The molecule has 1 unspecified atom stereocenters. The second-order valence-corrected chi connectivity index (χ2v) is 3.73. The summed E-state index contributed by atoms with van der Waals surface area (Å²) >= 11 is 3.27. The first-order valence-electron chi connectivity index (χ1n) is 3.88. The molecule has 1 heterocycles. The van der Waals surface area contributed by atoms with Gasteiger partial charge in [0, 0.05) is 10.2 Å². The van der Waals surface area contributed by atoms with Crippen molar-refractivity contribution >= 4 is 21.9 Å². The highest BCUT2D eigenvalue weighted by atomic mass is 79.9. The van der Waals surface area contributed by atoms with Crippen LogP contribution in [0.1, 0.15) is 24.2 Å². The average Bonchev–Trinajstić information content (AvgIpc) is 2.08. The molecular formula is C9H10BrNO2. The van der Waals surface area contributed by atoms with Gasteiger partial charge >= 0.3 is 5.97 Å². The van der Waals surface area contributed by atoms with Crippen LogP contribution in [0, 0.1) is 6.92 Å². The number of rotatable bonds is 2. The van der Waals surface area contributed by atoms with Crippen LogP contribution in [-0.2, 0) is 4.79 Å². The van der Waals surface area contributed by atoms with E-state index < -0.39 is 11.9 Å². The zero-order valence-corrected chi connectivity index (χ0v) is 9.00. The van der Waals surface area contributed by atoms with Crippen LogP contribution in [0.3, 0.4) is 0 Å². The van der Waals surface area contributed by atoms with E-state index in [1.165, 1.54) is 0 Å². The standard InChI is InChI=1S/C9H10BrNO2/c1-5-3-4-7(10)8(11-5)6(2)9(12)13/h3-4,6H,1-2H3,(H,12,13). The number of carboxylic acid groups (broad SMARTS) is 1. The van der Waals surface area contributed by atoms with Crippen molar-refractivity contribution in [1.82, 2.24) is 4.98 Å².